The van der Waals surface area contributed by atoms with Crippen LogP contribution in [0.5, 0.6) is 5.75 Å². The number of aromatic hydroxyl groups is 1. The molecule has 0 aliphatic heterocycles. The van der Waals surface area contributed by atoms with Gasteiger partial charge < -0.3 is 16.6 Å². The van der Waals surface area contributed by atoms with Crippen molar-refractivity contribution in [2.45, 2.75) is 16.7 Å². The molecule has 38 heavy (non-hydrogen) atoms. The average Bonchev–Trinajstić information content (AvgIpc) is 2.84. The van der Waals surface area contributed by atoms with E-state index < -0.39 is 30.8 Å². The summed E-state index contributed by atoms with van der Waals surface area (Å²) in [6, 6.07) is 17.5. The number of benzene rings is 4. The summed E-state index contributed by atoms with van der Waals surface area (Å²) < 4.78 is 60.9. The Morgan fingerprint density at radius 3 is 2.21 bits per heavy atom. The molecule has 0 bridgehead atoms. The molecule has 0 amide bonds. The molecule has 4 aromatic carbocycles. The molecule has 1 radical (unpaired) electrons. The van der Waals surface area contributed by atoms with Crippen molar-refractivity contribution in [3.05, 3.63) is 72.8 Å². The average molecular weight is 565 g/mol. The van der Waals surface area contributed by atoms with Crippen molar-refractivity contribution in [3.8, 4) is 5.75 Å². The first-order valence-corrected chi connectivity index (χ1v) is 13.7. The van der Waals surface area contributed by atoms with Crippen LogP contribution in [0.2, 0.25) is 0 Å². The summed E-state index contributed by atoms with van der Waals surface area (Å²) in [5.41, 5.74) is 12.6. The van der Waals surface area contributed by atoms with Crippen molar-refractivity contribution in [1.29, 1.82) is 0 Å². The third-order valence-electron chi connectivity index (χ3n) is 5.51. The van der Waals surface area contributed by atoms with Gasteiger partial charge in [0, 0.05) is 47.9 Å². The van der Waals surface area contributed by atoms with Gasteiger partial charge in [0.05, 0.1) is 21.7 Å². The van der Waals surface area contributed by atoms with Gasteiger partial charge in [0.1, 0.15) is 22.0 Å². The smallest absolute Gasteiger partial charge is 0.294 e. The van der Waals surface area contributed by atoms with Gasteiger partial charge in [-0.15, -0.1) is 10.2 Å². The molecule has 0 saturated heterocycles. The normalized spacial score (nSPS) is 11.9. The third kappa shape index (κ3) is 5.77. The Labute approximate surface area is 241 Å². The number of azo groups is 1. The molecule has 0 unspecified atom stereocenters. The molecule has 0 aromatic heterocycles. The van der Waals surface area contributed by atoms with Gasteiger partial charge in [-0.2, -0.15) is 8.42 Å². The van der Waals surface area contributed by atoms with Crippen molar-refractivity contribution in [1.82, 2.24) is 0 Å². The fourth-order valence-electron chi connectivity index (χ4n) is 3.80. The van der Waals surface area contributed by atoms with E-state index in [4.69, 9.17) is 11.5 Å². The van der Waals surface area contributed by atoms with Gasteiger partial charge in [0.15, 0.2) is 0 Å². The summed E-state index contributed by atoms with van der Waals surface area (Å²) >= 11 is 0. The maximum Gasteiger partial charge on any atom is 0.294 e. The van der Waals surface area contributed by atoms with Crippen molar-refractivity contribution in [2.75, 3.05) is 22.3 Å². The van der Waals surface area contributed by atoms with E-state index in [1.807, 2.05) is 0 Å². The molecule has 0 saturated carbocycles. The van der Waals surface area contributed by atoms with Crippen molar-refractivity contribution in [3.63, 3.8) is 0 Å². The zero-order valence-electron chi connectivity index (χ0n) is 20.5. The van der Waals surface area contributed by atoms with Crippen LogP contribution >= 0.6 is 0 Å². The summed E-state index contributed by atoms with van der Waals surface area (Å²) in [6.45, 7) is 1.83. The summed E-state index contributed by atoms with van der Waals surface area (Å²) in [7, 11) is -8.70. The molecular formula is C24H23N5NaO6S2. The molecule has 4 rings (SSSR count). The molecule has 6 N–H and O–H groups in total. The number of hydrogen-bond donors (Lipinski definition) is 4. The molecule has 14 heteroatoms. The van der Waals surface area contributed by atoms with Gasteiger partial charge in [0.25, 0.3) is 20.1 Å². The number of hydrogen-bond acceptors (Lipinski definition) is 9. The van der Waals surface area contributed by atoms with Crippen molar-refractivity contribution < 1.29 is 26.5 Å². The van der Waals surface area contributed by atoms with Crippen LogP contribution < -0.4 is 15.8 Å². The van der Waals surface area contributed by atoms with Gasteiger partial charge >= 0.3 is 0 Å². The molecule has 0 atom stereocenters. The van der Waals surface area contributed by atoms with E-state index in [-0.39, 0.29) is 74.5 Å². The maximum atomic E-state index is 13.6. The SMILES string of the molecule is CCN(c1ccccc1)S(=O)(=O)c1cc(N)ccc1N=Nc1c(N)ccc2cc(S(=O)(=O)O)cc(O)c12.[Na]. The number of nitrogens with zero attached hydrogens (tertiary/aromatic N) is 3. The third-order valence-corrected chi connectivity index (χ3v) is 8.28. The Morgan fingerprint density at radius 2 is 1.58 bits per heavy atom. The van der Waals surface area contributed by atoms with Crippen LogP contribution in [0.4, 0.5) is 28.4 Å². The second kappa shape index (κ2) is 11.3. The molecule has 4 aromatic rings. The molecule has 0 heterocycles. The van der Waals surface area contributed by atoms with E-state index in [0.717, 1.165) is 12.1 Å². The topological polar surface area (TPSA) is 189 Å². The zero-order valence-corrected chi connectivity index (χ0v) is 24.1. The van der Waals surface area contributed by atoms with E-state index in [0.29, 0.717) is 5.69 Å². The summed E-state index contributed by atoms with van der Waals surface area (Å²) in [5, 5.41) is 19.0. The fourth-order valence-corrected chi connectivity index (χ4v) is 5.97. The summed E-state index contributed by atoms with van der Waals surface area (Å²) in [6.07, 6.45) is 0. The number of phenols is 1. The van der Waals surface area contributed by atoms with E-state index in [1.54, 1.807) is 37.3 Å². The first kappa shape index (κ1) is 29.4. The van der Waals surface area contributed by atoms with Gasteiger partial charge in [0.2, 0.25) is 0 Å². The number of phenolic OH excluding ortho intramolecular Hbond substituents is 1. The van der Waals surface area contributed by atoms with E-state index >= 15 is 0 Å². The van der Waals surface area contributed by atoms with Crippen LogP contribution in [0.3, 0.4) is 0 Å². The van der Waals surface area contributed by atoms with Gasteiger partial charge in [-0.05, 0) is 54.8 Å². The number of nitrogens with two attached hydrogens (primary N) is 2. The minimum atomic E-state index is -4.58. The Balaban J connectivity index is 0.00000400. The molecule has 11 nitrogen and oxygen atoms in total. The summed E-state index contributed by atoms with van der Waals surface area (Å²) in [4.78, 5) is -0.712. The van der Waals surface area contributed by atoms with Crippen LogP contribution in [0.1, 0.15) is 6.92 Å². The molecular weight excluding hydrogens is 541 g/mol. The van der Waals surface area contributed by atoms with Crippen LogP contribution in [0.25, 0.3) is 10.8 Å². The molecule has 0 fully saturated rings. The first-order valence-electron chi connectivity index (χ1n) is 10.8. The standard InChI is InChI=1S/C24H23N5O6S2.Na/c1-2-29(17-6-4-3-5-7-17)36(31,32)22-13-16(25)9-11-20(22)27-28-24-19(26)10-8-15-12-18(37(33,34)35)14-21(30)23(15)24;/h3-14,30H,2,25-26H2,1H3,(H,33,34,35);. The monoisotopic (exact) mass is 564 g/mol. The van der Waals surface area contributed by atoms with Crippen LogP contribution in [-0.4, -0.2) is 62.6 Å². The van der Waals surface area contributed by atoms with E-state index in [9.17, 15) is 26.5 Å². The Morgan fingerprint density at radius 1 is 0.895 bits per heavy atom. The Hall–Kier alpha value is -3.20. The number of rotatable bonds is 7. The number of para-hydroxylation sites is 1. The molecule has 0 aliphatic carbocycles. The Bertz CT molecular complexity index is 1750. The minimum Gasteiger partial charge on any atom is -0.507 e. The van der Waals surface area contributed by atoms with Gasteiger partial charge in [-0.1, -0.05) is 24.3 Å². The quantitative estimate of drug-likeness (QED) is 0.111. The first-order chi connectivity index (χ1) is 17.4. The van der Waals surface area contributed by atoms with Gasteiger partial charge in [-0.25, -0.2) is 8.42 Å². The maximum absolute atomic E-state index is 13.6. The van der Waals surface area contributed by atoms with Crippen LogP contribution in [0.15, 0.2) is 92.8 Å². The molecule has 193 valence electrons. The Kier molecular flexibility index (Phi) is 8.71. The predicted molar refractivity (Wildman–Crippen MR) is 147 cm³/mol. The molecule has 0 spiro atoms. The van der Waals surface area contributed by atoms with E-state index in [1.165, 1.54) is 34.6 Å². The van der Waals surface area contributed by atoms with Crippen molar-refractivity contribution in [2.24, 2.45) is 10.2 Å². The second-order valence-electron chi connectivity index (χ2n) is 7.95. The number of anilines is 3. The second-order valence-corrected chi connectivity index (χ2v) is 11.2. The summed E-state index contributed by atoms with van der Waals surface area (Å²) in [5.74, 6) is -0.516. The number of sulfonamides is 1. The molecule has 0 aliphatic rings. The minimum absolute atomic E-state index is 0. The van der Waals surface area contributed by atoms with Crippen molar-refractivity contribution >= 4 is 88.9 Å². The predicted octanol–water partition coefficient (Wildman–Crippen LogP) is 4.21. The largest absolute Gasteiger partial charge is 0.507 e. The number of nitrogen functional groups attached to an aromatic ring is 2. The van der Waals surface area contributed by atoms with Crippen LogP contribution in [0, 0.1) is 0 Å². The van der Waals surface area contributed by atoms with E-state index in [2.05, 4.69) is 10.2 Å². The number of fused-ring (bicyclic) bond motifs is 1. The van der Waals surface area contributed by atoms with Gasteiger partial charge in [-0.3, -0.25) is 8.86 Å². The van der Waals surface area contributed by atoms with Crippen LogP contribution in [-0.2, 0) is 20.1 Å². The zero-order chi connectivity index (χ0) is 27.0. The fraction of sp³-hybridized carbons (Fsp3) is 0.0833.